The lowest BCUT2D eigenvalue weighted by Crippen LogP contribution is -2.36. The van der Waals surface area contributed by atoms with E-state index >= 15 is 0 Å². The van der Waals surface area contributed by atoms with E-state index in [0.29, 0.717) is 0 Å². The van der Waals surface area contributed by atoms with Crippen LogP contribution in [0.3, 0.4) is 0 Å². The van der Waals surface area contributed by atoms with Gasteiger partial charge in [0.15, 0.2) is 6.61 Å². The van der Waals surface area contributed by atoms with Crippen molar-refractivity contribution in [1.29, 1.82) is 0 Å². The largest absolute Gasteiger partial charge is 0.452 e. The van der Waals surface area contributed by atoms with Crippen LogP contribution in [0.2, 0.25) is 0 Å². The van der Waals surface area contributed by atoms with Crippen molar-refractivity contribution in [2.45, 2.75) is 25.8 Å². The predicted molar refractivity (Wildman–Crippen MR) is 96.7 cm³/mol. The highest BCUT2D eigenvalue weighted by Gasteiger charge is 2.09. The maximum absolute atomic E-state index is 11.8. The smallest absolute Gasteiger partial charge is 0.331 e. The molecule has 1 atom stereocenters. The molecule has 0 saturated carbocycles. The summed E-state index contributed by atoms with van der Waals surface area (Å²) in [5, 5.41) is 4.76. The van der Waals surface area contributed by atoms with Gasteiger partial charge in [-0.05, 0) is 42.9 Å². The maximum atomic E-state index is 11.8. The van der Waals surface area contributed by atoms with Crippen molar-refractivity contribution in [3.8, 4) is 0 Å². The normalized spacial score (nSPS) is 12.0. The van der Waals surface area contributed by atoms with Gasteiger partial charge in [0.25, 0.3) is 5.91 Å². The van der Waals surface area contributed by atoms with Gasteiger partial charge in [0, 0.05) is 17.0 Å². The molecule has 1 aromatic heterocycles. The van der Waals surface area contributed by atoms with Gasteiger partial charge in [0.05, 0.1) is 0 Å². The zero-order valence-corrected chi connectivity index (χ0v) is 14.4. The molecule has 1 heterocycles. The minimum atomic E-state index is -0.518. The van der Waals surface area contributed by atoms with Crippen LogP contribution >= 0.6 is 11.3 Å². The molecule has 1 amide bonds. The van der Waals surface area contributed by atoms with Gasteiger partial charge in [-0.1, -0.05) is 36.4 Å². The topological polar surface area (TPSA) is 55.4 Å². The summed E-state index contributed by atoms with van der Waals surface area (Å²) < 4.78 is 4.93. The van der Waals surface area contributed by atoms with Crippen molar-refractivity contribution >= 4 is 29.3 Å². The summed E-state index contributed by atoms with van der Waals surface area (Å²) in [5.74, 6) is -0.802. The molecular formula is C19H21NO3S. The number of amides is 1. The van der Waals surface area contributed by atoms with Crippen LogP contribution in [0.1, 0.15) is 23.8 Å². The van der Waals surface area contributed by atoms with Gasteiger partial charge >= 0.3 is 5.97 Å². The van der Waals surface area contributed by atoms with Gasteiger partial charge in [-0.2, -0.15) is 0 Å². The Kier molecular flexibility index (Phi) is 7.23. The second-order valence-electron chi connectivity index (χ2n) is 5.45. The highest BCUT2D eigenvalue weighted by atomic mass is 32.1. The van der Waals surface area contributed by atoms with Gasteiger partial charge in [-0.3, -0.25) is 4.79 Å². The number of benzene rings is 1. The van der Waals surface area contributed by atoms with Gasteiger partial charge < -0.3 is 10.1 Å². The third-order valence-electron chi connectivity index (χ3n) is 3.39. The lowest BCUT2D eigenvalue weighted by molar-refractivity contribution is -0.144. The standard InChI is InChI=1S/C19H21NO3S/c1-15(9-10-16-6-3-2-4-7-16)20-18(21)14-23-19(22)12-11-17-8-5-13-24-17/h2-8,11-13,15H,9-10,14H2,1H3,(H,20,21)/b12-11+/t15-/m1/s1. The number of thiophene rings is 1. The number of carbonyl (C=O) groups is 2. The van der Waals surface area contributed by atoms with Gasteiger partial charge in [0.2, 0.25) is 0 Å². The minimum Gasteiger partial charge on any atom is -0.452 e. The van der Waals surface area contributed by atoms with Crippen LogP contribution in [-0.4, -0.2) is 24.5 Å². The zero-order chi connectivity index (χ0) is 17.2. The molecule has 0 bridgehead atoms. The highest BCUT2D eigenvalue weighted by molar-refractivity contribution is 7.10. The Labute approximate surface area is 146 Å². The third kappa shape index (κ3) is 6.79. The Morgan fingerprint density at radius 3 is 2.71 bits per heavy atom. The van der Waals surface area contributed by atoms with Gasteiger partial charge in [-0.25, -0.2) is 4.79 Å². The van der Waals surface area contributed by atoms with Crippen molar-refractivity contribution in [1.82, 2.24) is 5.32 Å². The summed E-state index contributed by atoms with van der Waals surface area (Å²) in [6.45, 7) is 1.68. The van der Waals surface area contributed by atoms with E-state index in [1.807, 2.05) is 42.6 Å². The lowest BCUT2D eigenvalue weighted by atomic mass is 10.1. The number of aryl methyl sites for hydroxylation is 1. The molecule has 126 valence electrons. The van der Waals surface area contributed by atoms with E-state index in [0.717, 1.165) is 17.7 Å². The molecule has 5 heteroatoms. The summed E-state index contributed by atoms with van der Waals surface area (Å²) in [4.78, 5) is 24.3. The number of ether oxygens (including phenoxy) is 1. The summed E-state index contributed by atoms with van der Waals surface area (Å²) in [5.41, 5.74) is 1.24. The summed E-state index contributed by atoms with van der Waals surface area (Å²) in [6.07, 6.45) is 4.74. The molecule has 2 rings (SSSR count). The summed E-state index contributed by atoms with van der Waals surface area (Å²) in [6, 6.07) is 13.9. The van der Waals surface area contributed by atoms with Crippen molar-refractivity contribution in [3.63, 3.8) is 0 Å². The maximum Gasteiger partial charge on any atom is 0.331 e. The first-order valence-corrected chi connectivity index (χ1v) is 8.73. The quantitative estimate of drug-likeness (QED) is 0.590. The average molecular weight is 343 g/mol. The Bertz CT molecular complexity index is 665. The Hall–Kier alpha value is -2.40. The number of hydrogen-bond acceptors (Lipinski definition) is 4. The number of rotatable bonds is 8. The zero-order valence-electron chi connectivity index (χ0n) is 13.6. The molecule has 2 aromatic rings. The van der Waals surface area contributed by atoms with E-state index in [2.05, 4.69) is 17.4 Å². The van der Waals surface area contributed by atoms with Crippen molar-refractivity contribution in [3.05, 3.63) is 64.4 Å². The van der Waals surface area contributed by atoms with E-state index in [1.54, 1.807) is 6.08 Å². The van der Waals surface area contributed by atoms with E-state index in [4.69, 9.17) is 4.74 Å². The fourth-order valence-corrected chi connectivity index (χ4v) is 2.76. The van der Waals surface area contributed by atoms with Crippen molar-refractivity contribution in [2.75, 3.05) is 6.61 Å². The molecule has 0 spiro atoms. The molecule has 0 unspecified atom stereocenters. The number of hydrogen-bond donors (Lipinski definition) is 1. The van der Waals surface area contributed by atoms with Gasteiger partial charge in [0.1, 0.15) is 0 Å². The van der Waals surface area contributed by atoms with E-state index in [1.165, 1.54) is 23.0 Å². The monoisotopic (exact) mass is 343 g/mol. The average Bonchev–Trinajstić information content (AvgIpc) is 3.11. The first-order chi connectivity index (χ1) is 11.6. The Morgan fingerprint density at radius 1 is 1.21 bits per heavy atom. The van der Waals surface area contributed by atoms with E-state index < -0.39 is 5.97 Å². The number of esters is 1. The lowest BCUT2D eigenvalue weighted by Gasteiger charge is -2.13. The molecule has 4 nitrogen and oxygen atoms in total. The first kappa shape index (κ1) is 17.9. The molecule has 0 radical (unpaired) electrons. The Balaban J connectivity index is 1.64. The minimum absolute atomic E-state index is 0.0260. The van der Waals surface area contributed by atoms with Crippen molar-refractivity contribution < 1.29 is 14.3 Å². The van der Waals surface area contributed by atoms with E-state index in [-0.39, 0.29) is 18.6 Å². The molecule has 0 aliphatic heterocycles. The number of nitrogens with one attached hydrogen (secondary N) is 1. The van der Waals surface area contributed by atoms with Crippen LogP contribution < -0.4 is 5.32 Å². The molecule has 1 aromatic carbocycles. The predicted octanol–water partition coefficient (Wildman–Crippen LogP) is 3.44. The molecular weight excluding hydrogens is 322 g/mol. The van der Waals surface area contributed by atoms with Crippen molar-refractivity contribution in [2.24, 2.45) is 0 Å². The van der Waals surface area contributed by atoms with Crippen LogP contribution in [0.4, 0.5) is 0 Å². The molecule has 0 fully saturated rings. The van der Waals surface area contributed by atoms with Crippen LogP contribution in [0, 0.1) is 0 Å². The Morgan fingerprint density at radius 2 is 2.00 bits per heavy atom. The van der Waals surface area contributed by atoms with Crippen LogP contribution in [-0.2, 0) is 20.7 Å². The van der Waals surface area contributed by atoms with Crippen LogP contribution in [0.15, 0.2) is 53.9 Å². The van der Waals surface area contributed by atoms with E-state index in [9.17, 15) is 9.59 Å². The highest BCUT2D eigenvalue weighted by Crippen LogP contribution is 2.10. The van der Waals surface area contributed by atoms with Crippen LogP contribution in [0.5, 0.6) is 0 Å². The summed E-state index contributed by atoms with van der Waals surface area (Å²) >= 11 is 1.53. The molecule has 0 aliphatic carbocycles. The molecule has 1 N–H and O–H groups in total. The third-order valence-corrected chi connectivity index (χ3v) is 4.23. The molecule has 0 aliphatic rings. The first-order valence-electron chi connectivity index (χ1n) is 7.85. The van der Waals surface area contributed by atoms with Gasteiger partial charge in [-0.15, -0.1) is 11.3 Å². The summed E-state index contributed by atoms with van der Waals surface area (Å²) in [7, 11) is 0. The molecule has 24 heavy (non-hydrogen) atoms. The second-order valence-corrected chi connectivity index (χ2v) is 6.43. The fraction of sp³-hybridized carbons (Fsp3) is 0.263. The SMILES string of the molecule is C[C@H](CCc1ccccc1)NC(=O)COC(=O)/C=C/c1cccs1. The van der Waals surface area contributed by atoms with Crippen LogP contribution in [0.25, 0.3) is 6.08 Å². The fourth-order valence-electron chi connectivity index (χ4n) is 2.14. The second kappa shape index (κ2) is 9.67. The number of carbonyl (C=O) groups excluding carboxylic acids is 2. The molecule has 0 saturated heterocycles.